The summed E-state index contributed by atoms with van der Waals surface area (Å²) < 4.78 is 9.85. The van der Waals surface area contributed by atoms with Crippen molar-refractivity contribution in [3.05, 3.63) is 0 Å². The number of hydrogen-bond donors (Lipinski definition) is 2. The van der Waals surface area contributed by atoms with Crippen molar-refractivity contribution >= 4 is 5.97 Å². The molecule has 0 radical (unpaired) electrons. The summed E-state index contributed by atoms with van der Waals surface area (Å²) in [6.45, 7) is 1.67. The van der Waals surface area contributed by atoms with Gasteiger partial charge in [-0.05, 0) is 6.92 Å². The quantitative estimate of drug-likeness (QED) is 0.433. The first-order valence-electron chi connectivity index (χ1n) is 3.83. The zero-order chi connectivity index (χ0) is 8.88. The van der Waals surface area contributed by atoms with Crippen LogP contribution in [0.5, 0.6) is 0 Å². The van der Waals surface area contributed by atoms with Crippen molar-refractivity contribution in [2.75, 3.05) is 0 Å². The average molecular weight is 174 g/mol. The summed E-state index contributed by atoms with van der Waals surface area (Å²) in [7, 11) is 0. The van der Waals surface area contributed by atoms with Crippen LogP contribution in [0.2, 0.25) is 0 Å². The molecule has 5 nitrogen and oxygen atoms in total. The minimum atomic E-state index is -1.24. The lowest BCUT2D eigenvalue weighted by Gasteiger charge is -2.11. The smallest absolute Gasteiger partial charge is 0.338 e. The van der Waals surface area contributed by atoms with Crippen LogP contribution in [0.4, 0.5) is 0 Å². The Labute approximate surface area is 68.9 Å². The van der Waals surface area contributed by atoms with Crippen LogP contribution in [0.25, 0.3) is 0 Å². The average Bonchev–Trinajstić information content (AvgIpc) is 2.43. The Balaban J connectivity index is 2.19. The lowest BCUT2D eigenvalue weighted by Crippen LogP contribution is -2.31. The summed E-state index contributed by atoms with van der Waals surface area (Å²) >= 11 is 0. The van der Waals surface area contributed by atoms with Crippen LogP contribution in [0.15, 0.2) is 0 Å². The molecule has 2 aliphatic rings. The normalized spacial score (nSPS) is 52.2. The van der Waals surface area contributed by atoms with E-state index < -0.39 is 30.4 Å². The number of carbonyl (C=O) groups excluding carboxylic acids is 1. The van der Waals surface area contributed by atoms with E-state index in [2.05, 4.69) is 0 Å². The van der Waals surface area contributed by atoms with Crippen molar-refractivity contribution < 1.29 is 24.5 Å². The van der Waals surface area contributed by atoms with Gasteiger partial charge >= 0.3 is 5.97 Å². The lowest BCUT2D eigenvalue weighted by atomic mass is 10.1. The van der Waals surface area contributed by atoms with Crippen molar-refractivity contribution in [3.63, 3.8) is 0 Å². The molecular formula is C7H10O5. The number of carbonyl (C=O) groups is 1. The molecule has 0 aromatic heterocycles. The number of hydrogen-bond acceptors (Lipinski definition) is 5. The number of esters is 1. The summed E-state index contributed by atoms with van der Waals surface area (Å²) in [5.74, 6) is -0.712. The standard InChI is InChI=1S/C7H10O5/c1-2-3(8)5-6(11-2)4(9)7(10)12-5/h2-6,8-9H,1H3/t2?,3?,4?,5?,6-/m1/s1. The topological polar surface area (TPSA) is 76.0 Å². The van der Waals surface area contributed by atoms with Gasteiger partial charge in [0.25, 0.3) is 0 Å². The van der Waals surface area contributed by atoms with Crippen LogP contribution >= 0.6 is 0 Å². The monoisotopic (exact) mass is 174 g/mol. The maximum Gasteiger partial charge on any atom is 0.338 e. The molecule has 5 heteroatoms. The minimum absolute atomic E-state index is 0.386. The summed E-state index contributed by atoms with van der Waals surface area (Å²) in [5, 5.41) is 18.6. The van der Waals surface area contributed by atoms with E-state index in [1.165, 1.54) is 0 Å². The third-order valence-electron chi connectivity index (χ3n) is 2.32. The Bertz CT molecular complexity index is 216. The maximum absolute atomic E-state index is 10.8. The number of fused-ring (bicyclic) bond motifs is 1. The number of rotatable bonds is 0. The molecule has 4 unspecified atom stereocenters. The van der Waals surface area contributed by atoms with Crippen LogP contribution in [0, 0.1) is 0 Å². The minimum Gasteiger partial charge on any atom is -0.455 e. The zero-order valence-corrected chi connectivity index (χ0v) is 6.51. The third kappa shape index (κ3) is 0.872. The number of aliphatic hydroxyl groups is 2. The SMILES string of the molecule is CC1O[C@@H]2C(O)C(=O)OC2C1O. The second-order valence-corrected chi connectivity index (χ2v) is 3.14. The Morgan fingerprint density at radius 2 is 2.00 bits per heavy atom. The maximum atomic E-state index is 10.8. The van der Waals surface area contributed by atoms with Crippen LogP contribution in [-0.4, -0.2) is 46.7 Å². The van der Waals surface area contributed by atoms with Gasteiger partial charge in [0.2, 0.25) is 0 Å². The van der Waals surface area contributed by atoms with Gasteiger partial charge < -0.3 is 19.7 Å². The highest BCUT2D eigenvalue weighted by molar-refractivity contribution is 5.78. The van der Waals surface area contributed by atoms with Crippen molar-refractivity contribution in [3.8, 4) is 0 Å². The molecule has 0 bridgehead atoms. The first-order valence-corrected chi connectivity index (χ1v) is 3.83. The van der Waals surface area contributed by atoms with Crippen molar-refractivity contribution in [1.82, 2.24) is 0 Å². The molecule has 2 fully saturated rings. The number of ether oxygens (including phenoxy) is 2. The van der Waals surface area contributed by atoms with Gasteiger partial charge in [-0.15, -0.1) is 0 Å². The Kier molecular flexibility index (Phi) is 1.61. The van der Waals surface area contributed by atoms with Gasteiger partial charge in [-0.2, -0.15) is 0 Å². The second-order valence-electron chi connectivity index (χ2n) is 3.14. The van der Waals surface area contributed by atoms with Gasteiger partial charge in [-0.1, -0.05) is 0 Å². The number of aliphatic hydroxyl groups excluding tert-OH is 2. The molecule has 2 N–H and O–H groups in total. The van der Waals surface area contributed by atoms with Crippen LogP contribution in [0.3, 0.4) is 0 Å². The van der Waals surface area contributed by atoms with Gasteiger partial charge in [0.05, 0.1) is 6.10 Å². The Hall–Kier alpha value is -0.650. The van der Waals surface area contributed by atoms with E-state index in [0.717, 1.165) is 0 Å². The van der Waals surface area contributed by atoms with E-state index in [9.17, 15) is 15.0 Å². The van der Waals surface area contributed by atoms with Crippen molar-refractivity contribution in [1.29, 1.82) is 0 Å². The molecule has 2 aliphatic heterocycles. The van der Waals surface area contributed by atoms with E-state index in [1.807, 2.05) is 0 Å². The van der Waals surface area contributed by atoms with Crippen LogP contribution < -0.4 is 0 Å². The zero-order valence-electron chi connectivity index (χ0n) is 6.51. The highest BCUT2D eigenvalue weighted by atomic mass is 16.6. The predicted octanol–water partition coefficient (Wildman–Crippen LogP) is -1.58. The first kappa shape index (κ1) is 7.97. The van der Waals surface area contributed by atoms with Crippen molar-refractivity contribution in [2.24, 2.45) is 0 Å². The van der Waals surface area contributed by atoms with E-state index in [1.54, 1.807) is 6.92 Å². The van der Waals surface area contributed by atoms with Crippen LogP contribution in [-0.2, 0) is 14.3 Å². The molecule has 2 heterocycles. The molecule has 0 saturated carbocycles. The molecule has 0 aromatic carbocycles. The molecule has 12 heavy (non-hydrogen) atoms. The van der Waals surface area contributed by atoms with E-state index in [4.69, 9.17) is 9.47 Å². The molecular weight excluding hydrogens is 164 g/mol. The van der Waals surface area contributed by atoms with Gasteiger partial charge in [-0.25, -0.2) is 4.79 Å². The molecule has 68 valence electrons. The molecule has 0 spiro atoms. The van der Waals surface area contributed by atoms with Gasteiger partial charge in [0, 0.05) is 0 Å². The molecule has 0 aliphatic carbocycles. The van der Waals surface area contributed by atoms with Crippen molar-refractivity contribution in [2.45, 2.75) is 37.4 Å². The summed E-state index contributed by atoms with van der Waals surface area (Å²) in [5.41, 5.74) is 0. The second kappa shape index (κ2) is 2.42. The Morgan fingerprint density at radius 3 is 2.58 bits per heavy atom. The fraction of sp³-hybridized carbons (Fsp3) is 0.857. The fourth-order valence-corrected chi connectivity index (χ4v) is 1.60. The third-order valence-corrected chi connectivity index (χ3v) is 2.32. The van der Waals surface area contributed by atoms with Crippen LogP contribution in [0.1, 0.15) is 6.92 Å². The lowest BCUT2D eigenvalue weighted by molar-refractivity contribution is -0.152. The highest BCUT2D eigenvalue weighted by Crippen LogP contribution is 2.31. The molecule has 2 saturated heterocycles. The van der Waals surface area contributed by atoms with E-state index in [0.29, 0.717) is 0 Å². The van der Waals surface area contributed by atoms with E-state index in [-0.39, 0.29) is 6.10 Å². The summed E-state index contributed by atoms with van der Waals surface area (Å²) in [6, 6.07) is 0. The molecule has 0 aromatic rings. The highest BCUT2D eigenvalue weighted by Gasteiger charge is 2.55. The van der Waals surface area contributed by atoms with Gasteiger partial charge in [-0.3, -0.25) is 0 Å². The largest absolute Gasteiger partial charge is 0.455 e. The Morgan fingerprint density at radius 1 is 1.33 bits per heavy atom. The van der Waals surface area contributed by atoms with Gasteiger partial charge in [0.1, 0.15) is 12.2 Å². The molecule has 0 amide bonds. The molecule has 2 rings (SSSR count). The summed E-state index contributed by atoms with van der Waals surface area (Å²) in [4.78, 5) is 10.8. The molecule has 5 atom stereocenters. The van der Waals surface area contributed by atoms with E-state index >= 15 is 0 Å². The summed E-state index contributed by atoms with van der Waals surface area (Å²) in [6.07, 6.45) is -3.83. The fourth-order valence-electron chi connectivity index (χ4n) is 1.60. The first-order chi connectivity index (χ1) is 5.61. The predicted molar refractivity (Wildman–Crippen MR) is 36.2 cm³/mol. The van der Waals surface area contributed by atoms with Gasteiger partial charge in [0.15, 0.2) is 12.2 Å².